The first-order valence-electron chi connectivity index (χ1n) is 7.44. The molecule has 24 heavy (non-hydrogen) atoms. The van der Waals surface area contributed by atoms with Crippen molar-refractivity contribution in [2.45, 2.75) is 26.7 Å². The third-order valence-corrected chi connectivity index (χ3v) is 4.80. The Bertz CT molecular complexity index is 725. The highest BCUT2D eigenvalue weighted by Crippen LogP contribution is 2.31. The summed E-state index contributed by atoms with van der Waals surface area (Å²) in [5.74, 6) is 0.0544. The van der Waals surface area contributed by atoms with E-state index in [1.807, 2.05) is 6.92 Å². The molecule has 0 unspecified atom stereocenters. The number of nitrogens with zero attached hydrogens (tertiary/aromatic N) is 4. The van der Waals surface area contributed by atoms with Crippen molar-refractivity contribution in [1.82, 2.24) is 15.2 Å². The number of hydrogen-bond donors (Lipinski definition) is 0. The first-order chi connectivity index (χ1) is 11.5. The number of ether oxygens (including phenoxy) is 1. The summed E-state index contributed by atoms with van der Waals surface area (Å²) in [6, 6.07) is 1.78. The predicted octanol–water partition coefficient (Wildman–Crippen LogP) is 3.74. The first kappa shape index (κ1) is 18.5. The summed E-state index contributed by atoms with van der Waals surface area (Å²) < 4.78 is 17.5. The first-order valence-corrected chi connectivity index (χ1v) is 8.63. The molecule has 0 saturated heterocycles. The van der Waals surface area contributed by atoms with Crippen LogP contribution in [-0.4, -0.2) is 41.5 Å². The molecule has 0 saturated carbocycles. The Kier molecular flexibility index (Phi) is 6.44. The summed E-state index contributed by atoms with van der Waals surface area (Å²) in [5, 5.41) is 8.80. The number of carbonyl (C=O) groups excluding carboxylic acids is 1. The molecule has 2 aromatic rings. The molecule has 0 bridgehead atoms. The number of aryl methyl sites for hydroxylation is 2. The van der Waals surface area contributed by atoms with Gasteiger partial charge in [0.05, 0.1) is 13.3 Å². The van der Waals surface area contributed by atoms with Gasteiger partial charge in [-0.05, 0) is 38.3 Å². The van der Waals surface area contributed by atoms with Crippen LogP contribution in [0.5, 0.6) is 0 Å². The van der Waals surface area contributed by atoms with Gasteiger partial charge in [0, 0.05) is 11.9 Å². The number of thiazole rings is 1. The molecule has 2 rings (SSSR count). The van der Waals surface area contributed by atoms with E-state index < -0.39 is 12.6 Å². The van der Waals surface area contributed by atoms with Crippen LogP contribution in [-0.2, 0) is 11.2 Å². The number of alkyl halides is 1. The lowest BCUT2D eigenvalue weighted by molar-refractivity contribution is 0.0519. The van der Waals surface area contributed by atoms with Crippen molar-refractivity contribution < 1.29 is 13.9 Å². The maximum atomic E-state index is 12.5. The van der Waals surface area contributed by atoms with Gasteiger partial charge in [0.15, 0.2) is 21.8 Å². The van der Waals surface area contributed by atoms with E-state index in [2.05, 4.69) is 15.2 Å². The molecule has 0 aromatic carbocycles. The Labute approximate surface area is 148 Å². The third-order valence-electron chi connectivity index (χ3n) is 3.23. The summed E-state index contributed by atoms with van der Waals surface area (Å²) in [4.78, 5) is 18.8. The minimum Gasteiger partial charge on any atom is -0.461 e. The molecule has 0 radical (unpaired) electrons. The molecule has 2 aromatic heterocycles. The van der Waals surface area contributed by atoms with Gasteiger partial charge in [-0.25, -0.2) is 9.78 Å². The second kappa shape index (κ2) is 8.34. The standard InChI is InChI=1S/C15H18ClFN4O2S/c1-4-23-14(22)12-10(6-5-7-17)24-15(18-12)21(3)11-8-9(2)13(16)20-19-11/h8H,4-7H2,1-3H3. The van der Waals surface area contributed by atoms with Gasteiger partial charge in [-0.1, -0.05) is 11.6 Å². The molecule has 6 nitrogen and oxygen atoms in total. The quantitative estimate of drug-likeness (QED) is 0.689. The van der Waals surface area contributed by atoms with Crippen LogP contribution in [0.4, 0.5) is 15.3 Å². The fourth-order valence-electron chi connectivity index (χ4n) is 1.96. The molecule has 0 N–H and O–H groups in total. The second-order valence-corrected chi connectivity index (χ2v) is 6.44. The van der Waals surface area contributed by atoms with Gasteiger partial charge < -0.3 is 9.64 Å². The van der Waals surface area contributed by atoms with E-state index in [4.69, 9.17) is 16.3 Å². The van der Waals surface area contributed by atoms with Crippen LogP contribution in [0.2, 0.25) is 5.15 Å². The van der Waals surface area contributed by atoms with E-state index >= 15 is 0 Å². The van der Waals surface area contributed by atoms with Crippen LogP contribution in [0.1, 0.15) is 34.3 Å². The highest BCUT2D eigenvalue weighted by molar-refractivity contribution is 7.16. The number of esters is 1. The van der Waals surface area contributed by atoms with Crippen LogP contribution >= 0.6 is 22.9 Å². The predicted molar refractivity (Wildman–Crippen MR) is 92.2 cm³/mol. The highest BCUT2D eigenvalue weighted by Gasteiger charge is 2.22. The van der Waals surface area contributed by atoms with Gasteiger partial charge >= 0.3 is 5.97 Å². The van der Waals surface area contributed by atoms with Gasteiger partial charge in [-0.2, -0.15) is 0 Å². The van der Waals surface area contributed by atoms with Crippen molar-refractivity contribution >= 4 is 39.9 Å². The van der Waals surface area contributed by atoms with Crippen LogP contribution in [0.25, 0.3) is 0 Å². The van der Waals surface area contributed by atoms with Crippen LogP contribution in [0.3, 0.4) is 0 Å². The molecule has 0 aliphatic heterocycles. The Morgan fingerprint density at radius 1 is 1.46 bits per heavy atom. The zero-order chi connectivity index (χ0) is 17.7. The van der Waals surface area contributed by atoms with E-state index in [-0.39, 0.29) is 12.3 Å². The van der Waals surface area contributed by atoms with E-state index in [0.717, 1.165) is 5.56 Å². The Morgan fingerprint density at radius 3 is 2.83 bits per heavy atom. The van der Waals surface area contributed by atoms with Gasteiger partial charge in [0.2, 0.25) is 0 Å². The minimum absolute atomic E-state index is 0.232. The highest BCUT2D eigenvalue weighted by atomic mass is 35.5. The fourth-order valence-corrected chi connectivity index (χ4v) is 3.11. The summed E-state index contributed by atoms with van der Waals surface area (Å²) in [6.45, 7) is 3.36. The molecule has 0 spiro atoms. The lowest BCUT2D eigenvalue weighted by Gasteiger charge is -2.14. The molecule has 130 valence electrons. The summed E-state index contributed by atoms with van der Waals surface area (Å²) in [7, 11) is 1.77. The smallest absolute Gasteiger partial charge is 0.358 e. The molecule has 9 heteroatoms. The summed E-state index contributed by atoms with van der Waals surface area (Å²) in [5.41, 5.74) is 1.02. The van der Waals surface area contributed by atoms with Gasteiger partial charge in [-0.15, -0.1) is 21.5 Å². The third kappa shape index (κ3) is 4.18. The molecule has 2 heterocycles. The zero-order valence-electron chi connectivity index (χ0n) is 13.7. The normalized spacial score (nSPS) is 10.7. The van der Waals surface area contributed by atoms with Gasteiger partial charge in [0.1, 0.15) is 0 Å². The number of carbonyl (C=O) groups is 1. The van der Waals surface area contributed by atoms with Gasteiger partial charge in [-0.3, -0.25) is 4.39 Å². The average Bonchev–Trinajstić information content (AvgIpc) is 2.99. The topological polar surface area (TPSA) is 68.2 Å². The minimum atomic E-state index is -0.499. The number of rotatable bonds is 7. The lowest BCUT2D eigenvalue weighted by atomic mass is 10.2. The van der Waals surface area contributed by atoms with Gasteiger partial charge in [0.25, 0.3) is 0 Å². The van der Waals surface area contributed by atoms with E-state index in [0.29, 0.717) is 33.8 Å². The molecular weight excluding hydrogens is 355 g/mol. The Morgan fingerprint density at radius 2 is 2.21 bits per heavy atom. The van der Waals surface area contributed by atoms with E-state index in [1.54, 1.807) is 24.9 Å². The molecule has 0 amide bonds. The van der Waals surface area contributed by atoms with Crippen LogP contribution in [0, 0.1) is 6.92 Å². The molecule has 0 aliphatic rings. The monoisotopic (exact) mass is 372 g/mol. The summed E-state index contributed by atoms with van der Waals surface area (Å²) >= 11 is 7.21. The lowest BCUT2D eigenvalue weighted by Crippen LogP contribution is -2.13. The van der Waals surface area contributed by atoms with Crippen molar-refractivity contribution in [3.05, 3.63) is 27.4 Å². The molecule has 0 aliphatic carbocycles. The fraction of sp³-hybridized carbons (Fsp3) is 0.467. The van der Waals surface area contributed by atoms with Crippen LogP contribution < -0.4 is 4.90 Å². The van der Waals surface area contributed by atoms with Crippen LogP contribution in [0.15, 0.2) is 6.07 Å². The molecule has 0 fully saturated rings. The summed E-state index contributed by atoms with van der Waals surface area (Å²) in [6.07, 6.45) is 0.763. The van der Waals surface area contributed by atoms with Crippen molar-refractivity contribution in [3.63, 3.8) is 0 Å². The second-order valence-electron chi connectivity index (χ2n) is 5.02. The number of aromatic nitrogens is 3. The van der Waals surface area contributed by atoms with E-state index in [1.165, 1.54) is 11.3 Å². The largest absolute Gasteiger partial charge is 0.461 e. The number of halogens is 2. The molecule has 0 atom stereocenters. The average molecular weight is 373 g/mol. The number of hydrogen-bond acceptors (Lipinski definition) is 7. The van der Waals surface area contributed by atoms with Crippen molar-refractivity contribution in [2.75, 3.05) is 25.2 Å². The Hall–Kier alpha value is -1.80. The SMILES string of the molecule is CCOC(=O)c1nc(N(C)c2cc(C)c(Cl)nn2)sc1CCCF. The molecular formula is C15H18ClFN4O2S. The number of anilines is 2. The maximum absolute atomic E-state index is 12.5. The van der Waals surface area contributed by atoms with E-state index in [9.17, 15) is 9.18 Å². The van der Waals surface area contributed by atoms with Crippen molar-refractivity contribution in [3.8, 4) is 0 Å². The van der Waals surface area contributed by atoms with Crippen molar-refractivity contribution in [2.24, 2.45) is 0 Å². The van der Waals surface area contributed by atoms with Crippen molar-refractivity contribution in [1.29, 1.82) is 0 Å². The Balaban J connectivity index is 2.34. The zero-order valence-corrected chi connectivity index (χ0v) is 15.2. The maximum Gasteiger partial charge on any atom is 0.358 e.